The Morgan fingerprint density at radius 3 is 2.15 bits per heavy atom. The summed E-state index contributed by atoms with van der Waals surface area (Å²) in [5, 5.41) is 1.46. The van der Waals surface area contributed by atoms with Gasteiger partial charge in [-0.1, -0.05) is 29.8 Å². The summed E-state index contributed by atoms with van der Waals surface area (Å²) in [5.74, 6) is -1.11. The van der Waals surface area contributed by atoms with Crippen LogP contribution >= 0.6 is 0 Å². The minimum Gasteiger partial charge on any atom is -0.353 e. The number of carbonyl (C=O) groups excluding carboxylic acids is 1. The summed E-state index contributed by atoms with van der Waals surface area (Å²) >= 11 is 0. The second-order valence-corrected chi connectivity index (χ2v) is 9.04. The molecule has 2 unspecified atom stereocenters. The van der Waals surface area contributed by atoms with Gasteiger partial charge in [0.2, 0.25) is 5.91 Å². The number of sulfone groups is 1. The quantitative estimate of drug-likeness (QED) is 0.736. The molecule has 1 amide bonds. The van der Waals surface area contributed by atoms with Crippen molar-refractivity contribution < 1.29 is 17.6 Å². The third-order valence-electron chi connectivity index (χ3n) is 4.53. The Hall–Kier alpha value is -2.25. The van der Waals surface area contributed by atoms with Gasteiger partial charge in [0.15, 0.2) is 9.84 Å². The average Bonchev–Trinajstić information content (AvgIpc) is 2.62. The molecule has 0 heterocycles. The molecule has 0 radical (unpaired) electrons. The Morgan fingerprint density at radius 1 is 1.07 bits per heavy atom. The van der Waals surface area contributed by atoms with Crippen molar-refractivity contribution in [1.29, 1.82) is 0 Å². The largest absolute Gasteiger partial charge is 0.353 e. The average molecular weight is 392 g/mol. The number of nitrogens with one attached hydrogen (secondary N) is 1. The fourth-order valence-electron chi connectivity index (χ4n) is 2.70. The molecule has 0 fully saturated rings. The maximum atomic E-state index is 13.0. The van der Waals surface area contributed by atoms with E-state index in [4.69, 9.17) is 0 Å². The van der Waals surface area contributed by atoms with E-state index in [1.165, 1.54) is 19.1 Å². The van der Waals surface area contributed by atoms with Gasteiger partial charge in [-0.05, 0) is 57.8 Å². The van der Waals surface area contributed by atoms with Crippen molar-refractivity contribution in [2.45, 2.75) is 30.0 Å². The normalized spacial score (nSPS) is 14.0. The molecular formula is C20H25FN2O3S. The van der Waals surface area contributed by atoms with E-state index in [0.717, 1.165) is 23.3 Å². The first-order valence-electron chi connectivity index (χ1n) is 8.63. The molecule has 0 aliphatic heterocycles. The Morgan fingerprint density at radius 2 is 1.63 bits per heavy atom. The first kappa shape index (κ1) is 21.1. The van der Waals surface area contributed by atoms with Crippen LogP contribution in [0.1, 0.15) is 24.1 Å². The zero-order valence-corrected chi connectivity index (χ0v) is 16.8. The molecular weight excluding hydrogens is 367 g/mol. The Labute approximate surface area is 160 Å². The number of hydrogen-bond acceptors (Lipinski definition) is 4. The second kappa shape index (κ2) is 8.63. The van der Waals surface area contributed by atoms with E-state index in [1.807, 2.05) is 50.2 Å². The minimum absolute atomic E-state index is 0.0748. The number of amides is 1. The van der Waals surface area contributed by atoms with Gasteiger partial charge in [0.1, 0.15) is 11.1 Å². The van der Waals surface area contributed by atoms with Crippen molar-refractivity contribution in [3.63, 3.8) is 0 Å². The third kappa shape index (κ3) is 5.14. The number of benzene rings is 2. The van der Waals surface area contributed by atoms with E-state index in [0.29, 0.717) is 0 Å². The maximum Gasteiger partial charge on any atom is 0.238 e. The van der Waals surface area contributed by atoms with Gasteiger partial charge in [0, 0.05) is 6.54 Å². The van der Waals surface area contributed by atoms with Crippen LogP contribution in [-0.2, 0) is 14.6 Å². The summed E-state index contributed by atoms with van der Waals surface area (Å²) in [4.78, 5) is 14.3. The van der Waals surface area contributed by atoms with E-state index < -0.39 is 26.8 Å². The van der Waals surface area contributed by atoms with Crippen LogP contribution in [0.4, 0.5) is 4.39 Å². The highest BCUT2D eigenvalue weighted by Crippen LogP contribution is 2.19. The number of carbonyl (C=O) groups is 1. The van der Waals surface area contributed by atoms with E-state index >= 15 is 0 Å². The Balaban J connectivity index is 2.10. The van der Waals surface area contributed by atoms with E-state index in [9.17, 15) is 17.6 Å². The van der Waals surface area contributed by atoms with Crippen LogP contribution < -0.4 is 5.32 Å². The molecule has 0 aliphatic rings. The van der Waals surface area contributed by atoms with Crippen LogP contribution in [0, 0.1) is 12.7 Å². The lowest BCUT2D eigenvalue weighted by molar-refractivity contribution is -0.120. The van der Waals surface area contributed by atoms with Gasteiger partial charge in [-0.2, -0.15) is 0 Å². The highest BCUT2D eigenvalue weighted by molar-refractivity contribution is 7.92. The lowest BCUT2D eigenvalue weighted by atomic mass is 10.0. The molecule has 7 heteroatoms. The van der Waals surface area contributed by atoms with Crippen molar-refractivity contribution in [2.75, 3.05) is 20.6 Å². The molecule has 2 rings (SSSR count). The van der Waals surface area contributed by atoms with Crippen molar-refractivity contribution in [3.8, 4) is 0 Å². The lowest BCUT2D eigenvalue weighted by Gasteiger charge is -2.26. The predicted octanol–water partition coefficient (Wildman–Crippen LogP) is 2.72. The monoisotopic (exact) mass is 392 g/mol. The maximum absolute atomic E-state index is 13.0. The van der Waals surface area contributed by atoms with E-state index in [2.05, 4.69) is 5.32 Å². The molecule has 0 aromatic heterocycles. The fourth-order valence-corrected chi connectivity index (χ4v) is 3.99. The third-order valence-corrected chi connectivity index (χ3v) is 6.61. The van der Waals surface area contributed by atoms with Gasteiger partial charge in [0.25, 0.3) is 0 Å². The van der Waals surface area contributed by atoms with Crippen LogP contribution in [0.5, 0.6) is 0 Å². The first-order chi connectivity index (χ1) is 12.6. The van der Waals surface area contributed by atoms with Gasteiger partial charge in [-0.15, -0.1) is 0 Å². The molecule has 27 heavy (non-hydrogen) atoms. The van der Waals surface area contributed by atoms with Gasteiger partial charge in [-0.3, -0.25) is 4.79 Å². The van der Waals surface area contributed by atoms with E-state index in [-0.39, 0.29) is 17.5 Å². The summed E-state index contributed by atoms with van der Waals surface area (Å²) in [7, 11) is -0.0893. The molecule has 0 aliphatic carbocycles. The van der Waals surface area contributed by atoms with Crippen molar-refractivity contribution in [1.82, 2.24) is 10.2 Å². The smallest absolute Gasteiger partial charge is 0.238 e. The van der Waals surface area contributed by atoms with Gasteiger partial charge < -0.3 is 10.2 Å². The van der Waals surface area contributed by atoms with Crippen LogP contribution in [-0.4, -0.2) is 45.1 Å². The number of aryl methyl sites for hydroxylation is 1. The van der Waals surface area contributed by atoms with Gasteiger partial charge >= 0.3 is 0 Å². The van der Waals surface area contributed by atoms with Gasteiger partial charge in [0.05, 0.1) is 10.9 Å². The Bertz CT molecular complexity index is 878. The molecule has 2 atom stereocenters. The Kier molecular flexibility index (Phi) is 6.73. The highest BCUT2D eigenvalue weighted by Gasteiger charge is 2.30. The SMILES string of the molecule is Cc1ccc(C(CNC(=O)C(C)S(=O)(=O)c2ccc(F)cc2)N(C)C)cc1. The molecule has 0 spiro atoms. The van der Waals surface area contributed by atoms with Crippen LogP contribution in [0.25, 0.3) is 0 Å². The molecule has 0 bridgehead atoms. The summed E-state index contributed by atoms with van der Waals surface area (Å²) in [6, 6.07) is 12.4. The molecule has 5 nitrogen and oxygen atoms in total. The second-order valence-electron chi connectivity index (χ2n) is 6.78. The molecule has 2 aromatic rings. The van der Waals surface area contributed by atoms with Crippen molar-refractivity contribution in [3.05, 3.63) is 65.5 Å². The number of hydrogen-bond donors (Lipinski definition) is 1. The highest BCUT2D eigenvalue weighted by atomic mass is 32.2. The zero-order valence-electron chi connectivity index (χ0n) is 15.9. The topological polar surface area (TPSA) is 66.5 Å². The first-order valence-corrected chi connectivity index (χ1v) is 10.2. The van der Waals surface area contributed by atoms with Crippen molar-refractivity contribution >= 4 is 15.7 Å². The number of rotatable bonds is 7. The number of halogens is 1. The molecule has 1 N–H and O–H groups in total. The van der Waals surface area contributed by atoms with Gasteiger partial charge in [-0.25, -0.2) is 12.8 Å². The number of nitrogens with zero attached hydrogens (tertiary/aromatic N) is 1. The summed E-state index contributed by atoms with van der Waals surface area (Å²) in [5.41, 5.74) is 2.17. The summed E-state index contributed by atoms with van der Waals surface area (Å²) in [6.45, 7) is 3.61. The fraction of sp³-hybridized carbons (Fsp3) is 0.350. The number of likely N-dealkylation sites (N-methyl/N-ethyl adjacent to an activating group) is 1. The summed E-state index contributed by atoms with van der Waals surface area (Å²) < 4.78 is 38.2. The zero-order chi connectivity index (χ0) is 20.2. The van der Waals surface area contributed by atoms with Crippen LogP contribution in [0.3, 0.4) is 0 Å². The molecule has 0 saturated carbocycles. The summed E-state index contributed by atoms with van der Waals surface area (Å²) in [6.07, 6.45) is 0. The van der Waals surface area contributed by atoms with Crippen LogP contribution in [0.15, 0.2) is 53.4 Å². The van der Waals surface area contributed by atoms with Crippen LogP contribution in [0.2, 0.25) is 0 Å². The molecule has 0 saturated heterocycles. The predicted molar refractivity (Wildman–Crippen MR) is 104 cm³/mol. The minimum atomic E-state index is -3.89. The lowest BCUT2D eigenvalue weighted by Crippen LogP contribution is -2.41. The molecule has 146 valence electrons. The van der Waals surface area contributed by atoms with Crippen molar-refractivity contribution in [2.24, 2.45) is 0 Å². The van der Waals surface area contributed by atoms with E-state index in [1.54, 1.807) is 0 Å². The molecule has 2 aromatic carbocycles. The standard InChI is InChI=1S/C20H25FN2O3S/c1-14-5-7-16(8-6-14)19(23(3)4)13-22-20(24)15(2)27(25,26)18-11-9-17(21)10-12-18/h5-12,15,19H,13H2,1-4H3,(H,22,24).